The topological polar surface area (TPSA) is 55.4 Å². The number of hydrogen-bond donors (Lipinski definition) is 1. The molecule has 1 atom stereocenters. The molecule has 92 valence electrons. The summed E-state index contributed by atoms with van der Waals surface area (Å²) in [6.07, 6.45) is 1.12. The maximum Gasteiger partial charge on any atom is 0.207 e. The Morgan fingerprint density at radius 1 is 1.41 bits per heavy atom. The van der Waals surface area contributed by atoms with Crippen LogP contribution < -0.4 is 5.32 Å². The van der Waals surface area contributed by atoms with Crippen LogP contribution in [0.15, 0.2) is 30.3 Å². The zero-order valence-electron chi connectivity index (χ0n) is 9.89. The first-order valence-corrected chi connectivity index (χ1v) is 5.62. The Kier molecular flexibility index (Phi) is 5.96. The monoisotopic (exact) mass is 235 g/mol. The van der Waals surface area contributed by atoms with Gasteiger partial charge in [0.05, 0.1) is 12.6 Å². The number of ketones is 1. The molecule has 1 rings (SSSR count). The number of nitrogens with one attached hydrogen (secondary N) is 1. The Balaban J connectivity index is 2.30. The van der Waals surface area contributed by atoms with Crippen LogP contribution in [-0.4, -0.2) is 24.8 Å². The van der Waals surface area contributed by atoms with Crippen molar-refractivity contribution in [3.05, 3.63) is 35.9 Å². The number of hydrogen-bond acceptors (Lipinski definition) is 3. The van der Waals surface area contributed by atoms with E-state index in [4.69, 9.17) is 4.74 Å². The van der Waals surface area contributed by atoms with Crippen LogP contribution in [0.4, 0.5) is 0 Å². The van der Waals surface area contributed by atoms with E-state index >= 15 is 0 Å². The Morgan fingerprint density at radius 3 is 2.71 bits per heavy atom. The minimum atomic E-state index is -0.441. The van der Waals surface area contributed by atoms with Crippen molar-refractivity contribution >= 4 is 12.2 Å². The number of Topliss-reactive ketones (excluding diaryl/α,β-unsaturated/α-hetero) is 1. The highest BCUT2D eigenvalue weighted by atomic mass is 16.5. The summed E-state index contributed by atoms with van der Waals surface area (Å²) in [6, 6.07) is 9.20. The molecular weight excluding hydrogens is 218 g/mol. The normalized spacial score (nSPS) is 11.8. The van der Waals surface area contributed by atoms with Crippen molar-refractivity contribution in [2.75, 3.05) is 6.61 Å². The summed E-state index contributed by atoms with van der Waals surface area (Å²) in [4.78, 5) is 21.9. The molecule has 0 bridgehead atoms. The van der Waals surface area contributed by atoms with Gasteiger partial charge in [-0.25, -0.2) is 0 Å². The zero-order valence-corrected chi connectivity index (χ0v) is 9.89. The second-order valence-corrected chi connectivity index (χ2v) is 3.69. The van der Waals surface area contributed by atoms with E-state index in [0.29, 0.717) is 19.4 Å². The number of carbonyl (C=O) groups excluding carboxylic acids is 2. The molecule has 0 aliphatic rings. The van der Waals surface area contributed by atoms with Crippen LogP contribution in [0.25, 0.3) is 0 Å². The number of carbonyl (C=O) groups is 2. The maximum absolute atomic E-state index is 11.6. The van der Waals surface area contributed by atoms with Crippen LogP contribution >= 0.6 is 0 Å². The molecule has 1 aromatic rings. The molecule has 0 radical (unpaired) electrons. The number of rotatable bonds is 8. The predicted molar refractivity (Wildman–Crippen MR) is 64.4 cm³/mol. The summed E-state index contributed by atoms with van der Waals surface area (Å²) in [5.41, 5.74) is 1.02. The lowest BCUT2D eigenvalue weighted by molar-refractivity contribution is -0.127. The smallest absolute Gasteiger partial charge is 0.207 e. The zero-order chi connectivity index (χ0) is 12.5. The SMILES string of the molecule is CC[C@H](NC=O)C(=O)COCc1ccccc1. The minimum Gasteiger partial charge on any atom is -0.369 e. The fraction of sp³-hybridized carbons (Fsp3) is 0.385. The molecule has 4 heteroatoms. The third-order valence-corrected chi connectivity index (χ3v) is 2.42. The van der Waals surface area contributed by atoms with Gasteiger partial charge in [-0.05, 0) is 12.0 Å². The van der Waals surface area contributed by atoms with E-state index in [9.17, 15) is 9.59 Å². The largest absolute Gasteiger partial charge is 0.369 e. The van der Waals surface area contributed by atoms with Gasteiger partial charge in [-0.2, -0.15) is 0 Å². The fourth-order valence-corrected chi connectivity index (χ4v) is 1.46. The molecule has 1 N–H and O–H groups in total. The van der Waals surface area contributed by atoms with Crippen LogP contribution in [0.5, 0.6) is 0 Å². The molecule has 0 fully saturated rings. The molecule has 1 aromatic carbocycles. The van der Waals surface area contributed by atoms with Gasteiger partial charge in [-0.1, -0.05) is 37.3 Å². The first-order chi connectivity index (χ1) is 8.27. The molecule has 0 unspecified atom stereocenters. The van der Waals surface area contributed by atoms with Gasteiger partial charge in [0.1, 0.15) is 6.61 Å². The standard InChI is InChI=1S/C13H17NO3/c1-2-12(14-10-15)13(16)9-17-8-11-6-4-3-5-7-11/h3-7,10,12H,2,8-9H2,1H3,(H,14,15)/t12-/m0/s1. The number of ether oxygens (including phenoxy) is 1. The maximum atomic E-state index is 11.6. The summed E-state index contributed by atoms with van der Waals surface area (Å²) in [7, 11) is 0. The fourth-order valence-electron chi connectivity index (χ4n) is 1.46. The molecule has 0 spiro atoms. The van der Waals surface area contributed by atoms with Crippen molar-refractivity contribution < 1.29 is 14.3 Å². The van der Waals surface area contributed by atoms with Gasteiger partial charge in [-0.3, -0.25) is 9.59 Å². The third-order valence-electron chi connectivity index (χ3n) is 2.42. The molecule has 0 heterocycles. The van der Waals surface area contributed by atoms with Gasteiger partial charge in [0.25, 0.3) is 0 Å². The second-order valence-electron chi connectivity index (χ2n) is 3.69. The van der Waals surface area contributed by atoms with Gasteiger partial charge in [0.2, 0.25) is 6.41 Å². The summed E-state index contributed by atoms with van der Waals surface area (Å²) in [5, 5.41) is 2.47. The van der Waals surface area contributed by atoms with Gasteiger partial charge >= 0.3 is 0 Å². The van der Waals surface area contributed by atoms with E-state index in [1.165, 1.54) is 0 Å². The average Bonchev–Trinajstić information content (AvgIpc) is 2.37. The summed E-state index contributed by atoms with van der Waals surface area (Å²) in [5.74, 6) is -0.101. The van der Waals surface area contributed by atoms with Crippen LogP contribution in [-0.2, 0) is 20.9 Å². The third kappa shape index (κ3) is 4.78. The number of benzene rings is 1. The summed E-state index contributed by atoms with van der Waals surface area (Å²) < 4.78 is 5.31. The Hall–Kier alpha value is -1.68. The van der Waals surface area contributed by atoms with Crippen molar-refractivity contribution in [1.29, 1.82) is 0 Å². The lowest BCUT2D eigenvalue weighted by Gasteiger charge is -2.12. The van der Waals surface area contributed by atoms with Gasteiger partial charge in [0.15, 0.2) is 5.78 Å². The molecular formula is C13H17NO3. The first-order valence-electron chi connectivity index (χ1n) is 5.62. The molecule has 1 amide bonds. The van der Waals surface area contributed by atoms with Gasteiger partial charge < -0.3 is 10.1 Å². The molecule has 17 heavy (non-hydrogen) atoms. The van der Waals surface area contributed by atoms with Crippen molar-refractivity contribution in [3.8, 4) is 0 Å². The van der Waals surface area contributed by atoms with Crippen LogP contribution in [0.2, 0.25) is 0 Å². The van der Waals surface area contributed by atoms with Gasteiger partial charge in [-0.15, -0.1) is 0 Å². The molecule has 0 aliphatic carbocycles. The van der Waals surface area contributed by atoms with Crippen molar-refractivity contribution in [3.63, 3.8) is 0 Å². The predicted octanol–water partition coefficient (Wildman–Crippen LogP) is 1.30. The average molecular weight is 235 g/mol. The lowest BCUT2D eigenvalue weighted by Crippen LogP contribution is -2.37. The molecule has 4 nitrogen and oxygen atoms in total. The quantitative estimate of drug-likeness (QED) is 0.691. The highest BCUT2D eigenvalue weighted by Gasteiger charge is 2.14. The van der Waals surface area contributed by atoms with E-state index in [1.54, 1.807) is 0 Å². The Bertz CT molecular complexity index is 351. The minimum absolute atomic E-state index is 0.0221. The van der Waals surface area contributed by atoms with E-state index < -0.39 is 6.04 Å². The lowest BCUT2D eigenvalue weighted by atomic mass is 10.1. The van der Waals surface area contributed by atoms with Gasteiger partial charge in [0, 0.05) is 0 Å². The van der Waals surface area contributed by atoms with E-state index in [-0.39, 0.29) is 12.4 Å². The van der Waals surface area contributed by atoms with E-state index in [1.807, 2.05) is 37.3 Å². The molecule has 0 aromatic heterocycles. The van der Waals surface area contributed by atoms with Crippen molar-refractivity contribution in [1.82, 2.24) is 5.32 Å². The highest BCUT2D eigenvalue weighted by Crippen LogP contribution is 2.01. The molecule has 0 saturated heterocycles. The van der Waals surface area contributed by atoms with Crippen molar-refractivity contribution in [2.45, 2.75) is 26.0 Å². The van der Waals surface area contributed by atoms with Crippen molar-refractivity contribution in [2.24, 2.45) is 0 Å². The first kappa shape index (κ1) is 13.4. The van der Waals surface area contributed by atoms with E-state index in [0.717, 1.165) is 5.56 Å². The van der Waals surface area contributed by atoms with Crippen LogP contribution in [0, 0.1) is 0 Å². The second kappa shape index (κ2) is 7.57. The number of amides is 1. The Labute approximate surface area is 101 Å². The molecule has 0 aliphatic heterocycles. The van der Waals surface area contributed by atoms with Crippen LogP contribution in [0.3, 0.4) is 0 Å². The summed E-state index contributed by atoms with van der Waals surface area (Å²) in [6.45, 7) is 2.27. The van der Waals surface area contributed by atoms with Crippen LogP contribution in [0.1, 0.15) is 18.9 Å². The highest BCUT2D eigenvalue weighted by molar-refractivity contribution is 5.86. The van der Waals surface area contributed by atoms with E-state index in [2.05, 4.69) is 5.32 Å². The molecule has 0 saturated carbocycles. The Morgan fingerprint density at radius 2 is 2.12 bits per heavy atom. The summed E-state index contributed by atoms with van der Waals surface area (Å²) >= 11 is 0.